The fraction of sp³-hybridized carbons (Fsp3) is 0.833. The third-order valence-corrected chi connectivity index (χ3v) is 3.64. The van der Waals surface area contributed by atoms with E-state index in [1.165, 1.54) is 51.4 Å². The minimum atomic E-state index is 1.00. The maximum Gasteiger partial charge on any atom is -0.0201 e. The maximum atomic E-state index is 2.36. The van der Waals surface area contributed by atoms with Gasteiger partial charge in [-0.1, -0.05) is 30.4 Å². The van der Waals surface area contributed by atoms with Gasteiger partial charge >= 0.3 is 0 Å². The van der Waals surface area contributed by atoms with Crippen LogP contribution in [0.2, 0.25) is 0 Å². The van der Waals surface area contributed by atoms with Gasteiger partial charge in [0.25, 0.3) is 0 Å². The molecule has 0 nitrogen and oxygen atoms in total. The summed E-state index contributed by atoms with van der Waals surface area (Å²) in [6.45, 7) is 2.36. The van der Waals surface area contributed by atoms with E-state index in [-0.39, 0.29) is 0 Å². The van der Waals surface area contributed by atoms with Gasteiger partial charge in [-0.25, -0.2) is 0 Å². The minimum Gasteiger partial charge on any atom is -0.0738 e. The first-order valence-electron chi connectivity index (χ1n) is 5.56. The standard InChI is InChI=1S/C12H20/c1-10-6-5-9-12(10)11-7-3-2-4-8-11/h11H,2-9H2,1H3. The number of allylic oxidation sites excluding steroid dienone is 2. The van der Waals surface area contributed by atoms with E-state index >= 15 is 0 Å². The molecule has 0 aliphatic heterocycles. The van der Waals surface area contributed by atoms with Crippen LogP contribution in [0.4, 0.5) is 0 Å². The van der Waals surface area contributed by atoms with Crippen molar-refractivity contribution in [2.24, 2.45) is 5.92 Å². The summed E-state index contributed by atoms with van der Waals surface area (Å²) in [6, 6.07) is 0. The molecule has 0 heterocycles. The summed E-state index contributed by atoms with van der Waals surface area (Å²) < 4.78 is 0. The summed E-state index contributed by atoms with van der Waals surface area (Å²) in [7, 11) is 0. The van der Waals surface area contributed by atoms with E-state index in [0.29, 0.717) is 0 Å². The summed E-state index contributed by atoms with van der Waals surface area (Å²) in [6.07, 6.45) is 11.7. The molecule has 2 aliphatic carbocycles. The molecule has 12 heavy (non-hydrogen) atoms. The monoisotopic (exact) mass is 164 g/mol. The molecule has 68 valence electrons. The fourth-order valence-electron chi connectivity index (χ4n) is 2.92. The first-order valence-corrected chi connectivity index (χ1v) is 5.56. The van der Waals surface area contributed by atoms with Gasteiger partial charge in [-0.05, 0) is 44.9 Å². The molecule has 0 aromatic carbocycles. The molecule has 1 saturated carbocycles. The van der Waals surface area contributed by atoms with E-state index < -0.39 is 0 Å². The van der Waals surface area contributed by atoms with Crippen LogP contribution in [0.15, 0.2) is 11.1 Å². The molecule has 0 heteroatoms. The Labute approximate surface area is 76.1 Å². The lowest BCUT2D eigenvalue weighted by Gasteiger charge is -2.23. The first kappa shape index (κ1) is 8.34. The van der Waals surface area contributed by atoms with Crippen LogP contribution in [0.5, 0.6) is 0 Å². The second kappa shape index (κ2) is 3.64. The van der Waals surface area contributed by atoms with Crippen LogP contribution in [0.1, 0.15) is 58.3 Å². The SMILES string of the molecule is CC1=C(C2CCCCC2)CCC1. The molecule has 0 bridgehead atoms. The normalized spacial score (nSPS) is 26.8. The summed E-state index contributed by atoms with van der Waals surface area (Å²) in [4.78, 5) is 0. The van der Waals surface area contributed by atoms with Gasteiger partial charge in [0, 0.05) is 0 Å². The minimum absolute atomic E-state index is 1.00. The zero-order valence-corrected chi connectivity index (χ0v) is 8.23. The zero-order chi connectivity index (χ0) is 8.39. The molecule has 2 rings (SSSR count). The van der Waals surface area contributed by atoms with Crippen LogP contribution in [0.25, 0.3) is 0 Å². The van der Waals surface area contributed by atoms with Crippen LogP contribution in [-0.4, -0.2) is 0 Å². The molecule has 0 unspecified atom stereocenters. The van der Waals surface area contributed by atoms with Crippen LogP contribution < -0.4 is 0 Å². The Balaban J connectivity index is 2.02. The van der Waals surface area contributed by atoms with Crippen molar-refractivity contribution in [1.82, 2.24) is 0 Å². The topological polar surface area (TPSA) is 0 Å². The lowest BCUT2D eigenvalue weighted by molar-refractivity contribution is 0.396. The molecule has 0 spiro atoms. The predicted octanol–water partition coefficient (Wildman–Crippen LogP) is 4.07. The fourth-order valence-corrected chi connectivity index (χ4v) is 2.92. The van der Waals surface area contributed by atoms with Crippen LogP contribution in [0, 0.1) is 5.92 Å². The van der Waals surface area contributed by atoms with E-state index in [9.17, 15) is 0 Å². The Kier molecular flexibility index (Phi) is 2.53. The van der Waals surface area contributed by atoms with Gasteiger partial charge in [0.05, 0.1) is 0 Å². The number of hydrogen-bond acceptors (Lipinski definition) is 0. The van der Waals surface area contributed by atoms with E-state index in [1.807, 2.05) is 5.57 Å². The van der Waals surface area contributed by atoms with Gasteiger partial charge in [-0.3, -0.25) is 0 Å². The predicted molar refractivity (Wildman–Crippen MR) is 53.1 cm³/mol. The molecule has 0 saturated heterocycles. The van der Waals surface area contributed by atoms with Gasteiger partial charge in [0.15, 0.2) is 0 Å². The largest absolute Gasteiger partial charge is 0.0738 e. The third kappa shape index (κ3) is 1.57. The lowest BCUT2D eigenvalue weighted by atomic mass is 9.82. The summed E-state index contributed by atoms with van der Waals surface area (Å²) >= 11 is 0. The van der Waals surface area contributed by atoms with Crippen molar-refractivity contribution < 1.29 is 0 Å². The van der Waals surface area contributed by atoms with Crippen molar-refractivity contribution >= 4 is 0 Å². The van der Waals surface area contributed by atoms with Crippen molar-refractivity contribution in [3.8, 4) is 0 Å². The molecule has 0 radical (unpaired) electrons. The maximum absolute atomic E-state index is 2.36. The molecular formula is C12H20. The van der Waals surface area contributed by atoms with Crippen LogP contribution in [0.3, 0.4) is 0 Å². The van der Waals surface area contributed by atoms with Crippen molar-refractivity contribution in [2.45, 2.75) is 58.3 Å². The smallest absolute Gasteiger partial charge is 0.0201 e. The highest BCUT2D eigenvalue weighted by Crippen LogP contribution is 2.38. The average Bonchev–Trinajstić information content (AvgIpc) is 2.53. The van der Waals surface area contributed by atoms with Gasteiger partial charge in [0.1, 0.15) is 0 Å². The van der Waals surface area contributed by atoms with Crippen molar-refractivity contribution in [1.29, 1.82) is 0 Å². The van der Waals surface area contributed by atoms with Crippen molar-refractivity contribution in [3.63, 3.8) is 0 Å². The second-order valence-corrected chi connectivity index (χ2v) is 4.49. The highest BCUT2D eigenvalue weighted by atomic mass is 14.3. The van der Waals surface area contributed by atoms with E-state index in [2.05, 4.69) is 6.92 Å². The summed E-state index contributed by atoms with van der Waals surface area (Å²) in [5.41, 5.74) is 3.59. The first-order chi connectivity index (χ1) is 5.88. The van der Waals surface area contributed by atoms with Gasteiger partial charge in [0.2, 0.25) is 0 Å². The lowest BCUT2D eigenvalue weighted by Crippen LogP contribution is -2.08. The van der Waals surface area contributed by atoms with Crippen molar-refractivity contribution in [3.05, 3.63) is 11.1 Å². The summed E-state index contributed by atoms with van der Waals surface area (Å²) in [5.74, 6) is 1.00. The van der Waals surface area contributed by atoms with Crippen molar-refractivity contribution in [2.75, 3.05) is 0 Å². The molecule has 2 aliphatic rings. The zero-order valence-electron chi connectivity index (χ0n) is 8.23. The Morgan fingerprint density at radius 3 is 2.25 bits per heavy atom. The van der Waals surface area contributed by atoms with Crippen LogP contribution in [-0.2, 0) is 0 Å². The number of rotatable bonds is 1. The van der Waals surface area contributed by atoms with E-state index in [4.69, 9.17) is 0 Å². The number of hydrogen-bond donors (Lipinski definition) is 0. The van der Waals surface area contributed by atoms with Gasteiger partial charge in [-0.15, -0.1) is 0 Å². The average molecular weight is 164 g/mol. The third-order valence-electron chi connectivity index (χ3n) is 3.64. The van der Waals surface area contributed by atoms with Gasteiger partial charge in [-0.2, -0.15) is 0 Å². The Hall–Kier alpha value is -0.260. The molecule has 0 atom stereocenters. The molecule has 0 amide bonds. The highest BCUT2D eigenvalue weighted by molar-refractivity contribution is 5.20. The summed E-state index contributed by atoms with van der Waals surface area (Å²) in [5, 5.41) is 0. The highest BCUT2D eigenvalue weighted by Gasteiger charge is 2.21. The van der Waals surface area contributed by atoms with E-state index in [1.54, 1.807) is 5.57 Å². The Morgan fingerprint density at radius 2 is 1.67 bits per heavy atom. The van der Waals surface area contributed by atoms with E-state index in [0.717, 1.165) is 5.92 Å². The molecule has 0 aromatic heterocycles. The molecule has 1 fully saturated rings. The van der Waals surface area contributed by atoms with Gasteiger partial charge < -0.3 is 0 Å². The Morgan fingerprint density at radius 1 is 0.917 bits per heavy atom. The molecule has 0 aromatic rings. The second-order valence-electron chi connectivity index (χ2n) is 4.49. The Bertz CT molecular complexity index is 182. The molecular weight excluding hydrogens is 144 g/mol. The molecule has 0 N–H and O–H groups in total. The van der Waals surface area contributed by atoms with Crippen LogP contribution >= 0.6 is 0 Å². The quantitative estimate of drug-likeness (QED) is 0.512.